The van der Waals surface area contributed by atoms with E-state index < -0.39 is 6.10 Å². The SMILES string of the molecule is CC/C=C\C/C=C\C/C=C\C/C=C\CCCCCCC(=O)O[C@@H](CO)COC(=O)CCC/C=C\C/C=C\C/C=C\C/C=C\CCCCC. The average Bonchev–Trinajstić information content (AvgIpc) is 3.09. The van der Waals surface area contributed by atoms with Crippen LogP contribution in [0.5, 0.6) is 0 Å². The van der Waals surface area contributed by atoms with Crippen molar-refractivity contribution in [1.82, 2.24) is 0 Å². The van der Waals surface area contributed by atoms with Crippen molar-refractivity contribution in [2.24, 2.45) is 0 Å². The van der Waals surface area contributed by atoms with Crippen molar-refractivity contribution in [2.75, 3.05) is 13.2 Å². The number of aliphatic hydroxyl groups excluding tert-OH is 1. The predicted octanol–water partition coefficient (Wildman–Crippen LogP) is 11.7. The Morgan fingerprint density at radius 1 is 0.500 bits per heavy atom. The Hall–Kier alpha value is -3.18. The maximum Gasteiger partial charge on any atom is 0.306 e. The van der Waals surface area contributed by atoms with Crippen LogP contribution in [-0.2, 0) is 19.1 Å². The lowest BCUT2D eigenvalue weighted by atomic mass is 10.1. The van der Waals surface area contributed by atoms with Crippen molar-refractivity contribution < 1.29 is 24.2 Å². The quantitative estimate of drug-likeness (QED) is 0.0440. The highest BCUT2D eigenvalue weighted by atomic mass is 16.6. The van der Waals surface area contributed by atoms with Gasteiger partial charge in [0.2, 0.25) is 0 Å². The van der Waals surface area contributed by atoms with Gasteiger partial charge < -0.3 is 14.6 Å². The highest BCUT2D eigenvalue weighted by Crippen LogP contribution is 2.09. The minimum Gasteiger partial charge on any atom is -0.462 e. The molecule has 0 radical (unpaired) electrons. The van der Waals surface area contributed by atoms with Gasteiger partial charge in [-0.15, -0.1) is 0 Å². The van der Waals surface area contributed by atoms with Crippen LogP contribution in [0.4, 0.5) is 0 Å². The Labute approximate surface area is 294 Å². The number of unbranched alkanes of at least 4 members (excludes halogenated alkanes) is 8. The Bertz CT molecular complexity index is 979. The standard InChI is InChI=1S/C43H68O5/c1-3-5-7-9-11-13-15-17-19-21-23-25-27-29-31-33-35-37-42(45)47-40-41(39-44)48-43(46)38-36-34-32-30-28-26-24-22-20-18-16-14-12-10-8-6-4-2/h6,8,11-14,17-20,23-26,29,31,41,44H,3-5,7,9-10,15-16,21-22,27-28,30,32-40H2,1-2H3/b8-6-,13-11-,14-12-,19-17-,20-18-,25-23-,26-24-,31-29-/t41-/m0/s1. The molecule has 0 fully saturated rings. The molecule has 0 aliphatic carbocycles. The Morgan fingerprint density at radius 3 is 1.40 bits per heavy atom. The van der Waals surface area contributed by atoms with Crippen molar-refractivity contribution >= 4 is 11.9 Å². The summed E-state index contributed by atoms with van der Waals surface area (Å²) < 4.78 is 10.5. The fourth-order valence-corrected chi connectivity index (χ4v) is 4.53. The van der Waals surface area contributed by atoms with Crippen LogP contribution >= 0.6 is 0 Å². The zero-order valence-corrected chi connectivity index (χ0v) is 30.5. The number of esters is 2. The number of aliphatic hydroxyl groups is 1. The van der Waals surface area contributed by atoms with E-state index in [9.17, 15) is 14.7 Å². The molecule has 0 saturated heterocycles. The molecule has 0 heterocycles. The summed E-state index contributed by atoms with van der Waals surface area (Å²) in [5.74, 6) is -0.696. The Balaban J connectivity index is 3.76. The van der Waals surface area contributed by atoms with E-state index in [4.69, 9.17) is 9.47 Å². The number of rotatable bonds is 32. The molecule has 0 aromatic carbocycles. The molecule has 5 nitrogen and oxygen atoms in total. The van der Waals surface area contributed by atoms with E-state index in [0.29, 0.717) is 19.3 Å². The Morgan fingerprint density at radius 2 is 0.917 bits per heavy atom. The number of allylic oxidation sites excluding steroid dienone is 16. The third kappa shape index (κ3) is 35.7. The molecule has 0 rings (SSSR count). The zero-order valence-electron chi connectivity index (χ0n) is 30.5. The molecule has 0 bridgehead atoms. The third-order valence-electron chi connectivity index (χ3n) is 7.36. The van der Waals surface area contributed by atoms with Gasteiger partial charge in [0.1, 0.15) is 6.61 Å². The summed E-state index contributed by atoms with van der Waals surface area (Å²) in [7, 11) is 0. The minimum absolute atomic E-state index is 0.111. The van der Waals surface area contributed by atoms with Crippen molar-refractivity contribution in [3.8, 4) is 0 Å². The maximum absolute atomic E-state index is 12.1. The van der Waals surface area contributed by atoms with Crippen LogP contribution in [0.2, 0.25) is 0 Å². The lowest BCUT2D eigenvalue weighted by molar-refractivity contribution is -0.161. The van der Waals surface area contributed by atoms with Crippen LogP contribution in [-0.4, -0.2) is 36.4 Å². The molecule has 0 amide bonds. The molecule has 0 unspecified atom stereocenters. The number of hydrogen-bond acceptors (Lipinski definition) is 5. The van der Waals surface area contributed by atoms with Gasteiger partial charge in [0.25, 0.3) is 0 Å². The van der Waals surface area contributed by atoms with Gasteiger partial charge in [-0.05, 0) is 89.9 Å². The van der Waals surface area contributed by atoms with Gasteiger partial charge in [0, 0.05) is 12.8 Å². The lowest BCUT2D eigenvalue weighted by Gasteiger charge is -2.15. The van der Waals surface area contributed by atoms with Gasteiger partial charge in [-0.3, -0.25) is 9.59 Å². The number of hydrogen-bond donors (Lipinski definition) is 1. The predicted molar refractivity (Wildman–Crippen MR) is 205 cm³/mol. The first-order chi connectivity index (χ1) is 23.6. The smallest absolute Gasteiger partial charge is 0.306 e. The molecule has 1 N–H and O–H groups in total. The van der Waals surface area contributed by atoms with E-state index in [1.165, 1.54) is 25.7 Å². The first-order valence-corrected chi connectivity index (χ1v) is 18.8. The molecule has 0 aromatic rings. The van der Waals surface area contributed by atoms with E-state index in [1.54, 1.807) is 0 Å². The zero-order chi connectivity index (χ0) is 35.0. The summed E-state index contributed by atoms with van der Waals surface area (Å²) >= 11 is 0. The fraction of sp³-hybridized carbons (Fsp3) is 0.581. The van der Waals surface area contributed by atoms with E-state index in [0.717, 1.165) is 83.5 Å². The first-order valence-electron chi connectivity index (χ1n) is 18.8. The van der Waals surface area contributed by atoms with Gasteiger partial charge in [0.05, 0.1) is 6.61 Å². The number of carbonyl (C=O) groups excluding carboxylic acids is 2. The first kappa shape index (κ1) is 44.8. The van der Waals surface area contributed by atoms with Gasteiger partial charge in [-0.25, -0.2) is 0 Å². The van der Waals surface area contributed by atoms with Crippen LogP contribution in [0.15, 0.2) is 97.2 Å². The summed E-state index contributed by atoms with van der Waals surface area (Å²) in [5.41, 5.74) is 0. The number of ether oxygens (including phenoxy) is 2. The highest BCUT2D eigenvalue weighted by molar-refractivity contribution is 5.70. The molecule has 5 heteroatoms. The average molecular weight is 665 g/mol. The molecule has 1 atom stereocenters. The van der Waals surface area contributed by atoms with Crippen LogP contribution in [0.25, 0.3) is 0 Å². The molecular formula is C43H68O5. The maximum atomic E-state index is 12.1. The van der Waals surface area contributed by atoms with Gasteiger partial charge in [-0.2, -0.15) is 0 Å². The molecule has 0 aliphatic heterocycles. The molecule has 0 aliphatic rings. The molecular weight excluding hydrogens is 596 g/mol. The van der Waals surface area contributed by atoms with E-state index in [1.807, 2.05) is 0 Å². The summed E-state index contributed by atoms with van der Waals surface area (Å²) in [6.07, 6.45) is 53.2. The second-order valence-corrected chi connectivity index (χ2v) is 11.9. The largest absolute Gasteiger partial charge is 0.462 e. The minimum atomic E-state index is -0.812. The van der Waals surface area contributed by atoms with E-state index >= 15 is 0 Å². The van der Waals surface area contributed by atoms with E-state index in [2.05, 4.69) is 111 Å². The molecule has 0 aromatic heterocycles. The monoisotopic (exact) mass is 665 g/mol. The Kier molecular flexibility index (Phi) is 35.7. The van der Waals surface area contributed by atoms with Crippen molar-refractivity contribution in [1.29, 1.82) is 0 Å². The number of carbonyl (C=O) groups is 2. The topological polar surface area (TPSA) is 72.8 Å². The van der Waals surface area contributed by atoms with Gasteiger partial charge in [-0.1, -0.05) is 137 Å². The molecule has 0 spiro atoms. The van der Waals surface area contributed by atoms with Crippen LogP contribution in [0.3, 0.4) is 0 Å². The summed E-state index contributed by atoms with van der Waals surface area (Å²) in [4.78, 5) is 24.2. The van der Waals surface area contributed by atoms with Crippen molar-refractivity contribution in [3.63, 3.8) is 0 Å². The normalized spacial score (nSPS) is 13.3. The van der Waals surface area contributed by atoms with Crippen LogP contribution < -0.4 is 0 Å². The fourth-order valence-electron chi connectivity index (χ4n) is 4.53. The highest BCUT2D eigenvalue weighted by Gasteiger charge is 2.15. The van der Waals surface area contributed by atoms with Crippen molar-refractivity contribution in [3.05, 3.63) is 97.2 Å². The summed E-state index contributed by atoms with van der Waals surface area (Å²) in [6, 6.07) is 0. The van der Waals surface area contributed by atoms with Crippen LogP contribution in [0, 0.1) is 0 Å². The van der Waals surface area contributed by atoms with E-state index in [-0.39, 0.29) is 25.2 Å². The third-order valence-corrected chi connectivity index (χ3v) is 7.36. The molecule has 0 saturated carbocycles. The van der Waals surface area contributed by atoms with Crippen molar-refractivity contribution in [2.45, 2.75) is 148 Å². The van der Waals surface area contributed by atoms with Crippen LogP contribution in [0.1, 0.15) is 142 Å². The van der Waals surface area contributed by atoms with Gasteiger partial charge >= 0.3 is 11.9 Å². The summed E-state index contributed by atoms with van der Waals surface area (Å²) in [5, 5.41) is 9.54. The molecule has 270 valence electrons. The van der Waals surface area contributed by atoms with Gasteiger partial charge in [0.15, 0.2) is 6.10 Å². The second kappa shape index (κ2) is 38.3. The lowest BCUT2D eigenvalue weighted by Crippen LogP contribution is -2.28. The molecule has 48 heavy (non-hydrogen) atoms. The summed E-state index contributed by atoms with van der Waals surface area (Å²) in [6.45, 7) is 3.90. The second-order valence-electron chi connectivity index (χ2n) is 11.9.